The molecule has 2 amide bonds. The van der Waals surface area contributed by atoms with Crippen molar-refractivity contribution in [1.82, 2.24) is 19.6 Å². The zero-order chi connectivity index (χ0) is 33.1. The molecule has 0 spiro atoms. The lowest BCUT2D eigenvalue weighted by molar-refractivity contribution is -0.142. The second-order valence-electron chi connectivity index (χ2n) is 13.7. The smallest absolute Gasteiger partial charge is 0.263 e. The van der Waals surface area contributed by atoms with E-state index in [4.69, 9.17) is 28.2 Å². The Bertz CT molecular complexity index is 1570. The van der Waals surface area contributed by atoms with Gasteiger partial charge in [-0.2, -0.15) is 0 Å². The predicted molar refractivity (Wildman–Crippen MR) is 185 cm³/mol. The molecule has 0 saturated carbocycles. The number of hydrogen-bond acceptors (Lipinski definition) is 6. The summed E-state index contributed by atoms with van der Waals surface area (Å²) in [5, 5.41) is 2.06. The molecule has 46 heavy (non-hydrogen) atoms. The third-order valence-electron chi connectivity index (χ3n) is 10.1. The van der Waals surface area contributed by atoms with Gasteiger partial charge in [-0.1, -0.05) is 61.3 Å². The van der Waals surface area contributed by atoms with Gasteiger partial charge in [-0.05, 0) is 93.9 Å². The van der Waals surface area contributed by atoms with Crippen LogP contribution in [0.4, 0.5) is 4.39 Å². The largest absolute Gasteiger partial charge is 0.339 e. The number of carbonyl (C=O) groups excluding carboxylic acids is 2. The highest BCUT2D eigenvalue weighted by molar-refractivity contribution is 8.18. The highest BCUT2D eigenvalue weighted by Crippen LogP contribution is 2.56. The molecule has 2 aromatic rings. The Labute approximate surface area is 285 Å². The Hall–Kier alpha value is -2.59. The molecule has 6 atom stereocenters. The SMILES string of the molecule is CC(C)C1=C(C(=O)N2[C@H](C)CC[C@H]2C(=O)N2C[C@H](CF)[C@@H](N(C)C)C2)SC2=N[C@@](C)(c3ccc(Cl)cc3)[C@@H](c3ccc(Cl)cc3)N21. The van der Waals surface area contributed by atoms with Gasteiger partial charge in [0.1, 0.15) is 16.5 Å². The maximum Gasteiger partial charge on any atom is 0.263 e. The maximum absolute atomic E-state index is 14.7. The van der Waals surface area contributed by atoms with Crippen LogP contribution in [-0.4, -0.2) is 88.6 Å². The lowest BCUT2D eigenvalue weighted by atomic mass is 9.81. The summed E-state index contributed by atoms with van der Waals surface area (Å²) in [6.07, 6.45) is 1.33. The summed E-state index contributed by atoms with van der Waals surface area (Å²) in [4.78, 5) is 42.4. The summed E-state index contributed by atoms with van der Waals surface area (Å²) in [7, 11) is 3.85. The van der Waals surface area contributed by atoms with Gasteiger partial charge in [-0.25, -0.2) is 4.99 Å². The van der Waals surface area contributed by atoms with E-state index in [9.17, 15) is 14.0 Å². The van der Waals surface area contributed by atoms with Crippen molar-refractivity contribution in [3.8, 4) is 0 Å². The van der Waals surface area contributed by atoms with E-state index >= 15 is 0 Å². The topological polar surface area (TPSA) is 59.5 Å². The van der Waals surface area contributed by atoms with Crippen molar-refractivity contribution < 1.29 is 14.0 Å². The normalized spacial score (nSPS) is 29.4. The molecule has 6 rings (SSSR count). The summed E-state index contributed by atoms with van der Waals surface area (Å²) in [6, 6.07) is 14.7. The number of fused-ring (bicyclic) bond motifs is 1. The molecule has 4 heterocycles. The van der Waals surface area contributed by atoms with Crippen LogP contribution in [0.15, 0.2) is 64.1 Å². The van der Waals surface area contributed by atoms with E-state index in [-0.39, 0.29) is 41.8 Å². The molecule has 7 nitrogen and oxygen atoms in total. The van der Waals surface area contributed by atoms with E-state index in [1.807, 2.05) is 74.4 Å². The highest BCUT2D eigenvalue weighted by atomic mass is 35.5. The maximum atomic E-state index is 14.7. The van der Waals surface area contributed by atoms with Crippen molar-refractivity contribution in [2.24, 2.45) is 16.8 Å². The number of amidine groups is 1. The standard InChI is InChI=1S/C35H42Cl2FN5O2S/c1-20(2)29-30(33(45)42-21(3)7-16-27(42)32(44)41-18-23(17-38)28(19-41)40(5)6)46-34-39-35(4,24-10-14-26(37)15-11-24)31(43(29)34)22-8-12-25(36)13-9-22/h8-15,20-21,23,27-28,31H,7,16-19H2,1-6H3/t21-,23+,27+,28+,31-,35+/m1/s1. The number of benzene rings is 2. The van der Waals surface area contributed by atoms with Gasteiger partial charge < -0.3 is 19.6 Å². The molecule has 11 heteroatoms. The Morgan fingerprint density at radius 1 is 1.04 bits per heavy atom. The fraction of sp³-hybridized carbons (Fsp3) is 0.514. The van der Waals surface area contributed by atoms with Crippen LogP contribution in [0.2, 0.25) is 10.0 Å². The number of hydrogen-bond donors (Lipinski definition) is 0. The molecule has 0 aliphatic carbocycles. The van der Waals surface area contributed by atoms with E-state index in [2.05, 4.69) is 25.7 Å². The molecule has 2 fully saturated rings. The zero-order valence-electron chi connectivity index (χ0n) is 27.2. The van der Waals surface area contributed by atoms with Crippen LogP contribution in [-0.2, 0) is 15.1 Å². The number of likely N-dealkylation sites (N-methyl/N-ethyl adjacent to an activating group) is 1. The third-order valence-corrected chi connectivity index (χ3v) is 11.7. The number of thioether (sulfide) groups is 1. The predicted octanol–water partition coefficient (Wildman–Crippen LogP) is 6.97. The first kappa shape index (κ1) is 33.3. The molecular weight excluding hydrogens is 644 g/mol. The number of likely N-dealkylation sites (tertiary alicyclic amines) is 2. The number of aliphatic imine (C=N–C) groups is 1. The van der Waals surface area contributed by atoms with E-state index in [0.29, 0.717) is 34.5 Å². The molecule has 0 unspecified atom stereocenters. The van der Waals surface area contributed by atoms with E-state index in [1.165, 1.54) is 11.8 Å². The Morgan fingerprint density at radius 2 is 1.67 bits per heavy atom. The number of rotatable bonds is 7. The van der Waals surface area contributed by atoms with Gasteiger partial charge in [0.25, 0.3) is 5.91 Å². The van der Waals surface area contributed by atoms with Crippen molar-refractivity contribution >= 4 is 51.9 Å². The van der Waals surface area contributed by atoms with E-state index in [1.54, 1.807) is 9.80 Å². The number of allylic oxidation sites excluding steroid dienone is 1. The zero-order valence-corrected chi connectivity index (χ0v) is 29.5. The lowest BCUT2D eigenvalue weighted by Crippen LogP contribution is -2.50. The van der Waals surface area contributed by atoms with Crippen LogP contribution in [0.3, 0.4) is 0 Å². The average Bonchev–Trinajstić information content (AvgIpc) is 3.78. The van der Waals surface area contributed by atoms with Gasteiger partial charge in [0, 0.05) is 46.8 Å². The Kier molecular flexibility index (Phi) is 9.26. The molecule has 2 aromatic carbocycles. The first-order valence-corrected chi connectivity index (χ1v) is 17.6. The van der Waals surface area contributed by atoms with Crippen molar-refractivity contribution in [3.63, 3.8) is 0 Å². The van der Waals surface area contributed by atoms with Crippen molar-refractivity contribution in [3.05, 3.63) is 80.3 Å². The van der Waals surface area contributed by atoms with Crippen molar-refractivity contribution in [2.75, 3.05) is 33.9 Å². The first-order valence-electron chi connectivity index (χ1n) is 16.0. The van der Waals surface area contributed by atoms with Crippen LogP contribution in [0.5, 0.6) is 0 Å². The van der Waals surface area contributed by atoms with Crippen LogP contribution < -0.4 is 0 Å². The summed E-state index contributed by atoms with van der Waals surface area (Å²) < 4.78 is 13.9. The van der Waals surface area contributed by atoms with Gasteiger partial charge in [0.2, 0.25) is 5.91 Å². The molecule has 0 aromatic heterocycles. The molecule has 2 saturated heterocycles. The molecule has 4 aliphatic rings. The number of halogens is 3. The van der Waals surface area contributed by atoms with Crippen LogP contribution in [0, 0.1) is 11.8 Å². The molecule has 4 aliphatic heterocycles. The number of alkyl halides is 1. The molecule has 0 radical (unpaired) electrons. The summed E-state index contributed by atoms with van der Waals surface area (Å²) in [5.41, 5.74) is 2.29. The fourth-order valence-corrected chi connectivity index (χ4v) is 9.34. The average molecular weight is 687 g/mol. The number of carbonyl (C=O) groups is 2. The highest BCUT2D eigenvalue weighted by Gasteiger charge is 2.54. The number of nitrogens with zero attached hydrogens (tertiary/aromatic N) is 5. The minimum absolute atomic E-state index is 0.00155. The molecular formula is C35H42Cl2FN5O2S. The Balaban J connectivity index is 1.37. The van der Waals surface area contributed by atoms with Crippen LogP contribution in [0.1, 0.15) is 57.7 Å². The minimum Gasteiger partial charge on any atom is -0.339 e. The van der Waals surface area contributed by atoms with E-state index < -0.39 is 18.3 Å². The van der Waals surface area contributed by atoms with Gasteiger partial charge >= 0.3 is 0 Å². The molecule has 0 N–H and O–H groups in total. The van der Waals surface area contributed by atoms with Gasteiger partial charge in [0.05, 0.1) is 12.7 Å². The fourth-order valence-electron chi connectivity index (χ4n) is 7.73. The molecule has 246 valence electrons. The van der Waals surface area contributed by atoms with Gasteiger partial charge in [0.15, 0.2) is 5.17 Å². The Morgan fingerprint density at radius 3 is 2.24 bits per heavy atom. The van der Waals surface area contributed by atoms with E-state index in [0.717, 1.165) is 28.4 Å². The monoisotopic (exact) mass is 685 g/mol. The second-order valence-corrected chi connectivity index (χ2v) is 15.5. The van der Waals surface area contributed by atoms with Gasteiger partial charge in [-0.3, -0.25) is 14.0 Å². The second kappa shape index (κ2) is 12.8. The van der Waals surface area contributed by atoms with Crippen LogP contribution in [0.25, 0.3) is 0 Å². The van der Waals surface area contributed by atoms with Gasteiger partial charge in [-0.15, -0.1) is 0 Å². The first-order chi connectivity index (χ1) is 21.8. The quantitative estimate of drug-likeness (QED) is 0.315. The van der Waals surface area contributed by atoms with Crippen LogP contribution >= 0.6 is 35.0 Å². The third kappa shape index (κ3) is 5.65. The summed E-state index contributed by atoms with van der Waals surface area (Å²) >= 11 is 14.0. The number of amides is 2. The minimum atomic E-state index is -0.666. The van der Waals surface area contributed by atoms with Crippen molar-refractivity contribution in [1.29, 1.82) is 0 Å². The van der Waals surface area contributed by atoms with Crippen molar-refractivity contribution in [2.45, 2.75) is 70.2 Å². The summed E-state index contributed by atoms with van der Waals surface area (Å²) in [6.45, 7) is 8.71. The lowest BCUT2D eigenvalue weighted by Gasteiger charge is -2.37. The molecule has 0 bridgehead atoms. The summed E-state index contributed by atoms with van der Waals surface area (Å²) in [5.74, 6) is -0.448.